The molecular formula is C22H27N3O3. The Morgan fingerprint density at radius 2 is 1.86 bits per heavy atom. The standard InChI is InChI=1S/C22H27N3O3/c1-2-23-21(27)22(12-7-4-8-13-22)25-20(26)18-11-14-24-19(15-18)28-16-17-9-5-3-6-10-17/h3,5-6,9-11,14-15H,2,4,7-8,12-13,16H2,1H3,(H,23,27)(H,25,26). The molecule has 0 aliphatic heterocycles. The molecule has 1 aromatic heterocycles. The summed E-state index contributed by atoms with van der Waals surface area (Å²) in [4.78, 5) is 29.7. The molecule has 1 aliphatic carbocycles. The number of nitrogens with zero attached hydrogens (tertiary/aromatic N) is 1. The van der Waals surface area contributed by atoms with Crippen molar-refractivity contribution in [2.24, 2.45) is 0 Å². The van der Waals surface area contributed by atoms with E-state index in [0.717, 1.165) is 24.8 Å². The van der Waals surface area contributed by atoms with Crippen LogP contribution >= 0.6 is 0 Å². The number of amides is 2. The highest BCUT2D eigenvalue weighted by molar-refractivity contribution is 5.99. The summed E-state index contributed by atoms with van der Waals surface area (Å²) < 4.78 is 5.71. The maximum absolute atomic E-state index is 12.9. The quantitative estimate of drug-likeness (QED) is 0.772. The Kier molecular flexibility index (Phi) is 6.63. The molecule has 0 bridgehead atoms. The second-order valence-corrected chi connectivity index (χ2v) is 7.11. The van der Waals surface area contributed by atoms with Crippen molar-refractivity contribution in [2.45, 2.75) is 51.2 Å². The number of pyridine rings is 1. The average Bonchev–Trinajstić information content (AvgIpc) is 2.74. The first-order valence-corrected chi connectivity index (χ1v) is 9.86. The van der Waals surface area contributed by atoms with Crippen LogP contribution in [0.2, 0.25) is 0 Å². The van der Waals surface area contributed by atoms with Crippen molar-refractivity contribution >= 4 is 11.8 Å². The largest absolute Gasteiger partial charge is 0.473 e. The van der Waals surface area contributed by atoms with Gasteiger partial charge < -0.3 is 15.4 Å². The first-order valence-electron chi connectivity index (χ1n) is 9.86. The van der Waals surface area contributed by atoms with Gasteiger partial charge in [-0.1, -0.05) is 49.6 Å². The van der Waals surface area contributed by atoms with Crippen LogP contribution in [-0.4, -0.2) is 28.9 Å². The second kappa shape index (κ2) is 9.35. The summed E-state index contributed by atoms with van der Waals surface area (Å²) in [5.74, 6) is 0.00461. The molecule has 1 aromatic carbocycles. The molecule has 3 rings (SSSR count). The Balaban J connectivity index is 1.69. The molecule has 0 atom stereocenters. The summed E-state index contributed by atoms with van der Waals surface area (Å²) in [7, 11) is 0. The molecule has 0 spiro atoms. The van der Waals surface area contributed by atoms with Crippen molar-refractivity contribution < 1.29 is 14.3 Å². The van der Waals surface area contributed by atoms with Crippen LogP contribution in [0.3, 0.4) is 0 Å². The lowest BCUT2D eigenvalue weighted by atomic mass is 9.80. The third-order valence-corrected chi connectivity index (χ3v) is 5.06. The van der Waals surface area contributed by atoms with Crippen molar-refractivity contribution in [2.75, 3.05) is 6.54 Å². The van der Waals surface area contributed by atoms with E-state index < -0.39 is 5.54 Å². The number of hydrogen-bond donors (Lipinski definition) is 2. The van der Waals surface area contributed by atoms with E-state index in [-0.39, 0.29) is 11.8 Å². The third-order valence-electron chi connectivity index (χ3n) is 5.06. The molecule has 1 saturated carbocycles. The summed E-state index contributed by atoms with van der Waals surface area (Å²) in [5.41, 5.74) is 0.628. The Morgan fingerprint density at radius 1 is 1.11 bits per heavy atom. The SMILES string of the molecule is CCNC(=O)C1(NC(=O)c2ccnc(OCc3ccccc3)c2)CCCCC1. The fraction of sp³-hybridized carbons (Fsp3) is 0.409. The number of carbonyl (C=O) groups is 2. The van der Waals surface area contributed by atoms with Crippen molar-refractivity contribution in [1.29, 1.82) is 0 Å². The van der Waals surface area contributed by atoms with Gasteiger partial charge in [-0.3, -0.25) is 9.59 Å². The van der Waals surface area contributed by atoms with Crippen LogP contribution in [0.5, 0.6) is 5.88 Å². The molecular weight excluding hydrogens is 354 g/mol. The molecule has 0 unspecified atom stereocenters. The van der Waals surface area contributed by atoms with Gasteiger partial charge in [-0.15, -0.1) is 0 Å². The molecule has 0 radical (unpaired) electrons. The number of rotatable bonds is 7. The van der Waals surface area contributed by atoms with Crippen LogP contribution in [0, 0.1) is 0 Å². The maximum Gasteiger partial charge on any atom is 0.252 e. The van der Waals surface area contributed by atoms with Gasteiger partial charge in [0.2, 0.25) is 11.8 Å². The fourth-order valence-corrected chi connectivity index (χ4v) is 3.54. The van der Waals surface area contributed by atoms with Gasteiger partial charge in [0.05, 0.1) is 0 Å². The van der Waals surface area contributed by atoms with Gasteiger partial charge in [0.15, 0.2) is 0 Å². The van der Waals surface area contributed by atoms with Crippen LogP contribution in [0.4, 0.5) is 0 Å². The van der Waals surface area contributed by atoms with E-state index in [1.54, 1.807) is 18.3 Å². The predicted octanol–water partition coefficient (Wildman–Crippen LogP) is 3.23. The normalized spacial score (nSPS) is 15.5. The number of ether oxygens (including phenoxy) is 1. The van der Waals surface area contributed by atoms with E-state index in [4.69, 9.17) is 4.74 Å². The highest BCUT2D eigenvalue weighted by Gasteiger charge is 2.40. The highest BCUT2D eigenvalue weighted by Crippen LogP contribution is 2.29. The van der Waals surface area contributed by atoms with Crippen LogP contribution < -0.4 is 15.4 Å². The second-order valence-electron chi connectivity index (χ2n) is 7.11. The first kappa shape index (κ1) is 19.9. The molecule has 2 N–H and O–H groups in total. The third kappa shape index (κ3) is 4.88. The molecule has 0 saturated heterocycles. The van der Waals surface area contributed by atoms with Crippen LogP contribution in [0.25, 0.3) is 0 Å². The van der Waals surface area contributed by atoms with E-state index in [2.05, 4.69) is 15.6 Å². The summed E-state index contributed by atoms with van der Waals surface area (Å²) in [6.07, 6.45) is 5.82. The Bertz CT molecular complexity index is 802. The van der Waals surface area contributed by atoms with Gasteiger partial charge in [0.25, 0.3) is 5.91 Å². The van der Waals surface area contributed by atoms with Crippen LogP contribution in [-0.2, 0) is 11.4 Å². The molecule has 6 nitrogen and oxygen atoms in total. The molecule has 28 heavy (non-hydrogen) atoms. The summed E-state index contributed by atoms with van der Waals surface area (Å²) >= 11 is 0. The molecule has 6 heteroatoms. The minimum Gasteiger partial charge on any atom is -0.473 e. The number of likely N-dealkylation sites (N-methyl/N-ethyl adjacent to an activating group) is 1. The molecule has 148 valence electrons. The fourth-order valence-electron chi connectivity index (χ4n) is 3.54. The maximum atomic E-state index is 12.9. The highest BCUT2D eigenvalue weighted by atomic mass is 16.5. The Hall–Kier alpha value is -2.89. The molecule has 2 amide bonds. The lowest BCUT2D eigenvalue weighted by molar-refractivity contribution is -0.128. The number of nitrogens with one attached hydrogen (secondary N) is 2. The number of carbonyl (C=O) groups excluding carboxylic acids is 2. The predicted molar refractivity (Wildman–Crippen MR) is 107 cm³/mol. The van der Waals surface area contributed by atoms with E-state index in [1.807, 2.05) is 37.3 Å². The van der Waals surface area contributed by atoms with Crippen LogP contribution in [0.15, 0.2) is 48.7 Å². The zero-order valence-corrected chi connectivity index (χ0v) is 16.2. The van der Waals surface area contributed by atoms with Crippen molar-refractivity contribution in [3.63, 3.8) is 0 Å². The van der Waals surface area contributed by atoms with Gasteiger partial charge in [0.1, 0.15) is 12.1 Å². The zero-order chi connectivity index (χ0) is 19.8. The lowest BCUT2D eigenvalue weighted by Crippen LogP contribution is -2.59. The topological polar surface area (TPSA) is 80.3 Å². The summed E-state index contributed by atoms with van der Waals surface area (Å²) in [6, 6.07) is 13.0. The monoisotopic (exact) mass is 381 g/mol. The molecule has 1 fully saturated rings. The minimum atomic E-state index is -0.834. The van der Waals surface area contributed by atoms with Crippen molar-refractivity contribution in [3.05, 3.63) is 59.8 Å². The number of benzene rings is 1. The zero-order valence-electron chi connectivity index (χ0n) is 16.2. The summed E-state index contributed by atoms with van der Waals surface area (Å²) in [6.45, 7) is 2.81. The van der Waals surface area contributed by atoms with Gasteiger partial charge in [-0.05, 0) is 31.4 Å². The number of aromatic nitrogens is 1. The van der Waals surface area contributed by atoms with Gasteiger partial charge in [0, 0.05) is 24.4 Å². The Morgan fingerprint density at radius 3 is 2.57 bits per heavy atom. The average molecular weight is 381 g/mol. The van der Waals surface area contributed by atoms with E-state index >= 15 is 0 Å². The molecule has 2 aromatic rings. The molecule has 1 aliphatic rings. The Labute approximate surface area is 165 Å². The lowest BCUT2D eigenvalue weighted by Gasteiger charge is -2.36. The van der Waals surface area contributed by atoms with E-state index in [1.165, 1.54) is 0 Å². The smallest absolute Gasteiger partial charge is 0.252 e. The molecule has 1 heterocycles. The minimum absolute atomic E-state index is 0.0994. The summed E-state index contributed by atoms with van der Waals surface area (Å²) in [5, 5.41) is 5.87. The first-order chi connectivity index (χ1) is 13.6. The van der Waals surface area contributed by atoms with Gasteiger partial charge in [-0.2, -0.15) is 0 Å². The van der Waals surface area contributed by atoms with Gasteiger partial charge in [-0.25, -0.2) is 4.98 Å². The number of hydrogen-bond acceptors (Lipinski definition) is 4. The van der Waals surface area contributed by atoms with Crippen LogP contribution in [0.1, 0.15) is 54.9 Å². The van der Waals surface area contributed by atoms with Crippen molar-refractivity contribution in [1.82, 2.24) is 15.6 Å². The van der Waals surface area contributed by atoms with E-state index in [0.29, 0.717) is 37.4 Å². The van der Waals surface area contributed by atoms with E-state index in [9.17, 15) is 9.59 Å². The van der Waals surface area contributed by atoms with Crippen molar-refractivity contribution in [3.8, 4) is 5.88 Å². The van der Waals surface area contributed by atoms with Gasteiger partial charge >= 0.3 is 0 Å².